The van der Waals surface area contributed by atoms with Gasteiger partial charge in [0.2, 0.25) is 0 Å². The van der Waals surface area contributed by atoms with Crippen LogP contribution in [-0.4, -0.2) is 34.7 Å². The molecule has 1 amide bonds. The quantitative estimate of drug-likeness (QED) is 0.813. The molecule has 0 aromatic rings. The third-order valence-electron chi connectivity index (χ3n) is 2.91. The first-order chi connectivity index (χ1) is 8.32. The molecule has 2 N–H and O–H groups in total. The van der Waals surface area contributed by atoms with E-state index < -0.39 is 18.1 Å². The Morgan fingerprint density at radius 1 is 1.50 bits per heavy atom. The van der Waals surface area contributed by atoms with Crippen LogP contribution in [0.4, 0.5) is 13.2 Å². The summed E-state index contributed by atoms with van der Waals surface area (Å²) in [7, 11) is 0. The van der Waals surface area contributed by atoms with Gasteiger partial charge >= 0.3 is 6.18 Å². The summed E-state index contributed by atoms with van der Waals surface area (Å²) in [6.45, 7) is 1.14. The van der Waals surface area contributed by atoms with Crippen molar-refractivity contribution in [1.29, 1.82) is 0 Å². The fourth-order valence-electron chi connectivity index (χ4n) is 1.91. The second-order valence-corrected chi connectivity index (χ2v) is 4.06. The van der Waals surface area contributed by atoms with Gasteiger partial charge in [0.05, 0.1) is 5.70 Å². The summed E-state index contributed by atoms with van der Waals surface area (Å²) >= 11 is 0. The first-order valence-electron chi connectivity index (χ1n) is 5.34. The monoisotopic (exact) mass is 259 g/mol. The average molecular weight is 259 g/mol. The number of primary amides is 1. The lowest BCUT2D eigenvalue weighted by Gasteiger charge is -2.37. The van der Waals surface area contributed by atoms with Gasteiger partial charge in [0.15, 0.2) is 0 Å². The summed E-state index contributed by atoms with van der Waals surface area (Å²) in [5.74, 6) is -0.758. The van der Waals surface area contributed by atoms with Gasteiger partial charge < -0.3 is 5.73 Å². The van der Waals surface area contributed by atoms with Gasteiger partial charge in [0.1, 0.15) is 11.7 Å². The van der Waals surface area contributed by atoms with Crippen molar-refractivity contribution in [1.82, 2.24) is 10.0 Å². The van der Waals surface area contributed by atoms with Crippen molar-refractivity contribution in [3.05, 3.63) is 35.7 Å². The zero-order chi connectivity index (χ0) is 13.5. The Morgan fingerprint density at radius 2 is 2.17 bits per heavy atom. The average Bonchev–Trinajstić information content (AvgIpc) is 2.69. The number of fused-ring (bicyclic) bond motifs is 1. The Balaban J connectivity index is 2.31. The molecule has 0 bridgehead atoms. The smallest absolute Gasteiger partial charge is 0.364 e. The highest BCUT2D eigenvalue weighted by atomic mass is 19.4. The maximum atomic E-state index is 12.7. The minimum Gasteiger partial charge on any atom is -0.364 e. The van der Waals surface area contributed by atoms with Crippen LogP contribution in [-0.2, 0) is 4.79 Å². The predicted octanol–water partition coefficient (Wildman–Crippen LogP) is 1.29. The van der Waals surface area contributed by atoms with Gasteiger partial charge in [0.25, 0.3) is 5.91 Å². The number of halogens is 3. The normalized spacial score (nSPS) is 21.4. The van der Waals surface area contributed by atoms with Crippen molar-refractivity contribution in [2.75, 3.05) is 6.54 Å². The van der Waals surface area contributed by atoms with E-state index in [4.69, 9.17) is 5.73 Å². The van der Waals surface area contributed by atoms with Crippen LogP contribution < -0.4 is 5.73 Å². The van der Waals surface area contributed by atoms with E-state index in [-0.39, 0.29) is 12.2 Å². The van der Waals surface area contributed by atoms with Crippen molar-refractivity contribution >= 4 is 5.91 Å². The van der Waals surface area contributed by atoms with Crippen molar-refractivity contribution in [2.45, 2.75) is 19.1 Å². The topological polar surface area (TPSA) is 49.6 Å². The molecule has 1 atom stereocenters. The molecule has 2 aliphatic rings. The molecule has 98 valence electrons. The van der Waals surface area contributed by atoms with Gasteiger partial charge in [-0.2, -0.15) is 13.2 Å². The van der Waals surface area contributed by atoms with Crippen LogP contribution in [0.2, 0.25) is 0 Å². The number of nitrogens with two attached hydrogens (primary N) is 1. The van der Waals surface area contributed by atoms with E-state index in [1.54, 1.807) is 18.2 Å². The fraction of sp³-hybridized carbons (Fsp3) is 0.364. The van der Waals surface area contributed by atoms with Crippen LogP contribution in [0.1, 0.15) is 6.92 Å². The Kier molecular flexibility index (Phi) is 2.94. The Hall–Kier alpha value is -1.76. The molecule has 1 unspecified atom stereocenters. The molecule has 0 saturated heterocycles. The zero-order valence-electron chi connectivity index (χ0n) is 9.61. The summed E-state index contributed by atoms with van der Waals surface area (Å²) in [6, 6.07) is -1.69. The lowest BCUT2D eigenvalue weighted by Crippen LogP contribution is -2.51. The maximum absolute atomic E-state index is 12.7. The van der Waals surface area contributed by atoms with Gasteiger partial charge in [-0.3, -0.25) is 9.80 Å². The van der Waals surface area contributed by atoms with Gasteiger partial charge in [-0.05, 0) is 25.2 Å². The number of nitrogens with zero attached hydrogens (tertiary/aromatic N) is 2. The molecule has 0 aromatic carbocycles. The Morgan fingerprint density at radius 3 is 2.72 bits per heavy atom. The SMILES string of the molecule is CC(N1CC=C2C=CC=C(C(N)=O)N21)C(F)(F)F. The van der Waals surface area contributed by atoms with Crippen LogP contribution in [0.5, 0.6) is 0 Å². The number of allylic oxidation sites excluding steroid dienone is 3. The van der Waals surface area contributed by atoms with E-state index in [9.17, 15) is 18.0 Å². The molecule has 0 radical (unpaired) electrons. The van der Waals surface area contributed by atoms with E-state index >= 15 is 0 Å². The van der Waals surface area contributed by atoms with Crippen molar-refractivity contribution in [3.63, 3.8) is 0 Å². The second-order valence-electron chi connectivity index (χ2n) is 4.06. The van der Waals surface area contributed by atoms with Crippen LogP contribution in [0.3, 0.4) is 0 Å². The second kappa shape index (κ2) is 4.16. The summed E-state index contributed by atoms with van der Waals surface area (Å²) in [5, 5.41) is 2.29. The number of hydrogen-bond acceptors (Lipinski definition) is 3. The van der Waals surface area contributed by atoms with E-state index in [2.05, 4.69) is 0 Å². The summed E-state index contributed by atoms with van der Waals surface area (Å²) in [5.41, 5.74) is 5.75. The van der Waals surface area contributed by atoms with Crippen LogP contribution in [0.15, 0.2) is 35.7 Å². The minimum absolute atomic E-state index is 0.0392. The summed E-state index contributed by atoms with van der Waals surface area (Å²) < 4.78 is 38.2. The molecule has 0 aliphatic carbocycles. The van der Waals surface area contributed by atoms with Gasteiger partial charge in [-0.1, -0.05) is 6.08 Å². The molecule has 0 fully saturated rings. The number of carbonyl (C=O) groups is 1. The highest BCUT2D eigenvalue weighted by Gasteiger charge is 2.45. The number of hydrazine groups is 1. The number of alkyl halides is 3. The number of amides is 1. The zero-order valence-corrected chi connectivity index (χ0v) is 9.61. The van der Waals surface area contributed by atoms with E-state index in [0.717, 1.165) is 11.9 Å². The molecule has 18 heavy (non-hydrogen) atoms. The number of hydrogen-bond donors (Lipinski definition) is 1. The molecule has 4 nitrogen and oxygen atoms in total. The van der Waals surface area contributed by atoms with Gasteiger partial charge in [-0.25, -0.2) is 5.01 Å². The lowest BCUT2D eigenvalue weighted by molar-refractivity contribution is -0.201. The highest BCUT2D eigenvalue weighted by Crippen LogP contribution is 2.33. The summed E-state index contributed by atoms with van der Waals surface area (Å²) in [6.07, 6.45) is 1.88. The molecule has 2 heterocycles. The first-order valence-corrected chi connectivity index (χ1v) is 5.34. The van der Waals surface area contributed by atoms with Crippen molar-refractivity contribution in [2.24, 2.45) is 5.73 Å². The maximum Gasteiger partial charge on any atom is 0.405 e. The van der Waals surface area contributed by atoms with E-state index in [1.807, 2.05) is 0 Å². The molecule has 2 aliphatic heterocycles. The highest BCUT2D eigenvalue weighted by molar-refractivity contribution is 5.92. The van der Waals surface area contributed by atoms with Crippen molar-refractivity contribution in [3.8, 4) is 0 Å². The van der Waals surface area contributed by atoms with Crippen molar-refractivity contribution < 1.29 is 18.0 Å². The van der Waals surface area contributed by atoms with Crippen LogP contribution >= 0.6 is 0 Å². The predicted molar refractivity (Wildman–Crippen MR) is 58.6 cm³/mol. The standard InChI is InChI=1S/C11H12F3N3O/c1-7(11(12,13)14)16-6-5-8-3-2-4-9(10(15)18)17(8)16/h2-5,7H,6H2,1H3,(H2,15,18). The Bertz CT molecular complexity index is 465. The minimum atomic E-state index is -4.37. The van der Waals surface area contributed by atoms with E-state index in [0.29, 0.717) is 5.70 Å². The largest absolute Gasteiger partial charge is 0.405 e. The molecular weight excluding hydrogens is 247 g/mol. The third kappa shape index (κ3) is 2.01. The first kappa shape index (κ1) is 12.7. The number of rotatable bonds is 2. The van der Waals surface area contributed by atoms with Gasteiger partial charge in [-0.15, -0.1) is 0 Å². The van der Waals surface area contributed by atoms with Crippen LogP contribution in [0.25, 0.3) is 0 Å². The molecule has 7 heteroatoms. The van der Waals surface area contributed by atoms with Gasteiger partial charge in [0, 0.05) is 6.54 Å². The number of carbonyl (C=O) groups excluding carboxylic acids is 1. The Labute approximate surface area is 102 Å². The van der Waals surface area contributed by atoms with Crippen LogP contribution in [0, 0.1) is 0 Å². The summed E-state index contributed by atoms with van der Waals surface area (Å²) in [4.78, 5) is 11.3. The lowest BCUT2D eigenvalue weighted by atomic mass is 10.2. The molecule has 0 spiro atoms. The molecule has 2 rings (SSSR count). The molecule has 0 saturated carbocycles. The molecule has 0 aromatic heterocycles. The molecular formula is C11H12F3N3O. The third-order valence-corrected chi connectivity index (χ3v) is 2.91. The fourth-order valence-corrected chi connectivity index (χ4v) is 1.91. The van der Waals surface area contributed by atoms with E-state index in [1.165, 1.54) is 11.1 Å².